The number of piperidine rings is 1. The number of hydrogen-bond donors (Lipinski definition) is 0. The molecule has 0 aliphatic carbocycles. The normalized spacial score (nSPS) is 16.8. The summed E-state index contributed by atoms with van der Waals surface area (Å²) in [6, 6.07) is 5.63. The van der Waals surface area contributed by atoms with Crippen molar-refractivity contribution in [3.05, 3.63) is 27.7 Å². The summed E-state index contributed by atoms with van der Waals surface area (Å²) in [5.41, 5.74) is 0. The lowest BCUT2D eigenvalue weighted by molar-refractivity contribution is 0.204. The summed E-state index contributed by atoms with van der Waals surface area (Å²) < 4.78 is 6.67. The van der Waals surface area contributed by atoms with Crippen LogP contribution in [0.1, 0.15) is 25.7 Å². The zero-order valence-electron chi connectivity index (χ0n) is 10.5. The van der Waals surface area contributed by atoms with E-state index < -0.39 is 0 Å². The van der Waals surface area contributed by atoms with Gasteiger partial charge in [0.15, 0.2) is 0 Å². The molecule has 0 radical (unpaired) electrons. The first-order chi connectivity index (χ1) is 8.75. The first-order valence-corrected chi connectivity index (χ1v) is 7.73. The van der Waals surface area contributed by atoms with Crippen molar-refractivity contribution >= 4 is 27.5 Å². The minimum Gasteiger partial charge on any atom is -0.492 e. The number of halogens is 2. The lowest BCUT2D eigenvalue weighted by atomic mass is 10.1. The van der Waals surface area contributed by atoms with Crippen LogP contribution in [0.25, 0.3) is 0 Å². The van der Waals surface area contributed by atoms with E-state index in [1.165, 1.54) is 32.4 Å². The van der Waals surface area contributed by atoms with Crippen molar-refractivity contribution in [1.82, 2.24) is 4.90 Å². The van der Waals surface area contributed by atoms with E-state index in [1.807, 2.05) is 18.2 Å². The molecule has 1 aliphatic heterocycles. The molecule has 1 aliphatic rings. The fourth-order valence-corrected chi connectivity index (χ4v) is 3.04. The molecule has 0 unspecified atom stereocenters. The topological polar surface area (TPSA) is 12.5 Å². The Bertz CT molecular complexity index is 380. The second-order valence-electron chi connectivity index (χ2n) is 4.68. The average molecular weight is 333 g/mol. The van der Waals surface area contributed by atoms with Crippen molar-refractivity contribution in [2.24, 2.45) is 0 Å². The van der Waals surface area contributed by atoms with Gasteiger partial charge in [0.1, 0.15) is 5.75 Å². The molecule has 1 heterocycles. The van der Waals surface area contributed by atoms with Crippen molar-refractivity contribution < 1.29 is 4.74 Å². The largest absolute Gasteiger partial charge is 0.492 e. The fourth-order valence-electron chi connectivity index (χ4n) is 2.25. The van der Waals surface area contributed by atoms with Crippen LogP contribution >= 0.6 is 27.5 Å². The van der Waals surface area contributed by atoms with Crippen LogP contribution in [0.5, 0.6) is 5.75 Å². The molecule has 4 heteroatoms. The van der Waals surface area contributed by atoms with Crippen LogP contribution in [0, 0.1) is 0 Å². The van der Waals surface area contributed by atoms with Crippen molar-refractivity contribution in [2.45, 2.75) is 25.7 Å². The average Bonchev–Trinajstić information content (AvgIpc) is 2.38. The Morgan fingerprint density at radius 2 is 2.00 bits per heavy atom. The van der Waals surface area contributed by atoms with E-state index in [9.17, 15) is 0 Å². The van der Waals surface area contributed by atoms with E-state index in [2.05, 4.69) is 20.8 Å². The van der Waals surface area contributed by atoms with Gasteiger partial charge in [0.25, 0.3) is 0 Å². The Balaban J connectivity index is 1.68. The van der Waals surface area contributed by atoms with E-state index in [4.69, 9.17) is 16.3 Å². The fraction of sp³-hybridized carbons (Fsp3) is 0.571. The molecule has 2 rings (SSSR count). The van der Waals surface area contributed by atoms with Crippen molar-refractivity contribution in [3.8, 4) is 5.75 Å². The monoisotopic (exact) mass is 331 g/mol. The quantitative estimate of drug-likeness (QED) is 0.743. The van der Waals surface area contributed by atoms with Crippen LogP contribution in [0.15, 0.2) is 22.7 Å². The summed E-state index contributed by atoms with van der Waals surface area (Å²) in [4.78, 5) is 2.53. The van der Waals surface area contributed by atoms with Crippen LogP contribution in [-0.4, -0.2) is 31.1 Å². The summed E-state index contributed by atoms with van der Waals surface area (Å²) in [7, 11) is 0. The Morgan fingerprint density at radius 3 is 2.72 bits per heavy atom. The molecule has 2 nitrogen and oxygen atoms in total. The SMILES string of the molecule is Clc1ccc(OCCCN2CCCCC2)c(Br)c1. The van der Waals surface area contributed by atoms with Gasteiger partial charge in [0.2, 0.25) is 0 Å². The Hall–Kier alpha value is -0.250. The number of benzene rings is 1. The van der Waals surface area contributed by atoms with Crippen molar-refractivity contribution in [2.75, 3.05) is 26.2 Å². The van der Waals surface area contributed by atoms with Gasteiger partial charge in [-0.25, -0.2) is 0 Å². The molecule has 1 fully saturated rings. The molecule has 0 spiro atoms. The first-order valence-electron chi connectivity index (χ1n) is 6.56. The van der Waals surface area contributed by atoms with Gasteiger partial charge in [0, 0.05) is 11.6 Å². The third kappa shape index (κ3) is 4.45. The summed E-state index contributed by atoms with van der Waals surface area (Å²) in [5, 5.41) is 0.725. The molecule has 1 saturated heterocycles. The number of ether oxygens (including phenoxy) is 1. The molecule has 0 bridgehead atoms. The van der Waals surface area contributed by atoms with Gasteiger partial charge in [-0.15, -0.1) is 0 Å². The maximum Gasteiger partial charge on any atom is 0.133 e. The van der Waals surface area contributed by atoms with Gasteiger partial charge in [0.05, 0.1) is 11.1 Å². The molecule has 100 valence electrons. The minimum atomic E-state index is 0.725. The smallest absolute Gasteiger partial charge is 0.133 e. The van der Waals surface area contributed by atoms with Crippen LogP contribution in [-0.2, 0) is 0 Å². The maximum atomic E-state index is 5.89. The molecule has 1 aromatic carbocycles. The van der Waals surface area contributed by atoms with E-state index in [0.29, 0.717) is 0 Å². The first kappa shape index (κ1) is 14.2. The molecule has 18 heavy (non-hydrogen) atoms. The second-order valence-corrected chi connectivity index (χ2v) is 5.97. The molecule has 0 N–H and O–H groups in total. The van der Waals surface area contributed by atoms with Crippen LogP contribution < -0.4 is 4.74 Å². The van der Waals surface area contributed by atoms with E-state index in [1.54, 1.807) is 0 Å². The Labute approximate surface area is 122 Å². The molecule has 0 amide bonds. The molecular weight excluding hydrogens is 314 g/mol. The Morgan fingerprint density at radius 1 is 1.22 bits per heavy atom. The molecule has 0 aromatic heterocycles. The number of nitrogens with zero attached hydrogens (tertiary/aromatic N) is 1. The zero-order chi connectivity index (χ0) is 12.8. The van der Waals surface area contributed by atoms with Gasteiger partial charge in [-0.2, -0.15) is 0 Å². The summed E-state index contributed by atoms with van der Waals surface area (Å²) >= 11 is 9.34. The van der Waals surface area contributed by atoms with Gasteiger partial charge >= 0.3 is 0 Å². The lowest BCUT2D eigenvalue weighted by Gasteiger charge is -2.26. The molecule has 0 saturated carbocycles. The zero-order valence-corrected chi connectivity index (χ0v) is 12.8. The van der Waals surface area contributed by atoms with Gasteiger partial charge < -0.3 is 9.64 Å². The summed E-state index contributed by atoms with van der Waals surface area (Å²) in [6.45, 7) is 4.41. The predicted octanol–water partition coefficient (Wildman–Crippen LogP) is 4.36. The van der Waals surface area contributed by atoms with Gasteiger partial charge in [-0.3, -0.25) is 0 Å². The molecular formula is C14H19BrClNO. The maximum absolute atomic E-state index is 5.89. The van der Waals surface area contributed by atoms with E-state index in [-0.39, 0.29) is 0 Å². The number of rotatable bonds is 5. The highest BCUT2D eigenvalue weighted by atomic mass is 79.9. The van der Waals surface area contributed by atoms with Crippen LogP contribution in [0.3, 0.4) is 0 Å². The van der Waals surface area contributed by atoms with E-state index in [0.717, 1.165) is 34.8 Å². The highest BCUT2D eigenvalue weighted by molar-refractivity contribution is 9.10. The van der Waals surface area contributed by atoms with Gasteiger partial charge in [-0.05, 0) is 66.5 Å². The van der Waals surface area contributed by atoms with Gasteiger partial charge in [-0.1, -0.05) is 18.0 Å². The van der Waals surface area contributed by atoms with Crippen molar-refractivity contribution in [3.63, 3.8) is 0 Å². The van der Waals surface area contributed by atoms with E-state index >= 15 is 0 Å². The standard InChI is InChI=1S/C14H19BrClNO/c15-13-11-12(16)5-6-14(13)18-10-4-9-17-7-2-1-3-8-17/h5-6,11H,1-4,7-10H2. The molecule has 1 aromatic rings. The summed E-state index contributed by atoms with van der Waals surface area (Å²) in [5.74, 6) is 0.873. The third-order valence-electron chi connectivity index (χ3n) is 3.22. The summed E-state index contributed by atoms with van der Waals surface area (Å²) in [6.07, 6.45) is 5.17. The minimum absolute atomic E-state index is 0.725. The Kier molecular flexibility index (Phi) is 5.80. The van der Waals surface area contributed by atoms with Crippen LogP contribution in [0.4, 0.5) is 0 Å². The second kappa shape index (κ2) is 7.37. The highest BCUT2D eigenvalue weighted by Crippen LogP contribution is 2.28. The third-order valence-corrected chi connectivity index (χ3v) is 4.07. The highest BCUT2D eigenvalue weighted by Gasteiger charge is 2.09. The van der Waals surface area contributed by atoms with Crippen LogP contribution in [0.2, 0.25) is 5.02 Å². The predicted molar refractivity (Wildman–Crippen MR) is 79.6 cm³/mol. The lowest BCUT2D eigenvalue weighted by Crippen LogP contribution is -2.31. The number of likely N-dealkylation sites (tertiary alicyclic amines) is 1. The molecule has 0 atom stereocenters. The van der Waals surface area contributed by atoms with Crippen molar-refractivity contribution in [1.29, 1.82) is 0 Å². The number of hydrogen-bond acceptors (Lipinski definition) is 2.